The summed E-state index contributed by atoms with van der Waals surface area (Å²) in [6.45, 7) is 4.64. The summed E-state index contributed by atoms with van der Waals surface area (Å²) in [5.41, 5.74) is -0.821. The Labute approximate surface area is 92.3 Å². The van der Waals surface area contributed by atoms with Gasteiger partial charge in [0, 0.05) is 0 Å². The normalized spacial score (nSPS) is 11.5. The zero-order chi connectivity index (χ0) is 11.9. The number of hydrogen-bond acceptors (Lipinski definition) is 3. The van der Waals surface area contributed by atoms with Gasteiger partial charge >= 0.3 is 55.5 Å². The van der Waals surface area contributed by atoms with Gasteiger partial charge in [-0.2, -0.15) is 0 Å². The summed E-state index contributed by atoms with van der Waals surface area (Å²) in [6.07, 6.45) is 0. The van der Waals surface area contributed by atoms with E-state index >= 15 is 0 Å². The van der Waals surface area contributed by atoms with Gasteiger partial charge in [0.15, 0.2) is 0 Å². The Balaban J connectivity index is 0.000000280. The minimum atomic E-state index is -4.95. The second-order valence-corrected chi connectivity index (χ2v) is 5.37. The molecule has 0 saturated heterocycles. The maximum Gasteiger partial charge on any atom is -0.0623 e. The van der Waals surface area contributed by atoms with E-state index in [0.717, 1.165) is 0 Å². The van der Waals surface area contributed by atoms with Crippen LogP contribution >= 0.6 is 0 Å². The van der Waals surface area contributed by atoms with Gasteiger partial charge in [0.25, 0.3) is 0 Å². The molecule has 0 unspecified atom stereocenters. The summed E-state index contributed by atoms with van der Waals surface area (Å²) in [4.78, 5) is 0. The predicted octanol–water partition coefficient (Wildman–Crippen LogP) is 2.16. The maximum absolute atomic E-state index is 10.1. The van der Waals surface area contributed by atoms with E-state index in [9.17, 15) is 7.61 Å². The smallest absolute Gasteiger partial charge is 0.0623 e. The summed E-state index contributed by atoms with van der Waals surface area (Å²) >= 11 is -4.95. The third kappa shape index (κ3) is 13.3. The van der Waals surface area contributed by atoms with Crippen molar-refractivity contribution in [2.24, 2.45) is 0 Å². The van der Waals surface area contributed by atoms with Crippen molar-refractivity contribution in [3.8, 4) is 0 Å². The van der Waals surface area contributed by atoms with Gasteiger partial charge in [-0.1, -0.05) is 36.4 Å². The van der Waals surface area contributed by atoms with Crippen molar-refractivity contribution in [2.75, 3.05) is 0 Å². The van der Waals surface area contributed by atoms with Gasteiger partial charge in [0.05, 0.1) is 0 Å². The van der Waals surface area contributed by atoms with Crippen LogP contribution in [-0.2, 0) is 25.0 Å². The number of hydrogen-bond donors (Lipinski definition) is 1. The summed E-state index contributed by atoms with van der Waals surface area (Å²) < 4.78 is 32.5. The van der Waals surface area contributed by atoms with Gasteiger partial charge in [0.1, 0.15) is 0 Å². The Bertz CT molecular complexity index is 324. The summed E-state index contributed by atoms with van der Waals surface area (Å²) in [5, 5.41) is 0. The molecule has 1 rings (SSSR count). The topological polar surface area (TPSA) is 63.6 Å². The van der Waals surface area contributed by atoms with E-state index in [4.69, 9.17) is 4.16 Å². The Morgan fingerprint density at radius 2 is 1.20 bits per heavy atom. The van der Waals surface area contributed by atoms with E-state index in [0.29, 0.717) is 0 Å². The molecule has 1 aromatic rings. The minimum absolute atomic E-state index is 0.821. The monoisotopic (exact) mass is 252 g/mol. The summed E-state index contributed by atoms with van der Waals surface area (Å²) in [7, 11) is 0. The van der Waals surface area contributed by atoms with E-state index in [1.165, 1.54) is 0 Å². The largest absolute Gasteiger partial charge is 0.0623 e. The molecule has 0 aliphatic heterocycles. The first kappa shape index (κ1) is 14.3. The average molecular weight is 252 g/mol. The predicted molar refractivity (Wildman–Crippen MR) is 50.9 cm³/mol. The maximum atomic E-state index is 10.1. The Hall–Kier alpha value is -0.728. The first-order chi connectivity index (χ1) is 6.71. The van der Waals surface area contributed by atoms with Crippen molar-refractivity contribution in [3.05, 3.63) is 36.4 Å². The van der Waals surface area contributed by atoms with Gasteiger partial charge in [-0.05, 0) is 0 Å². The first-order valence-electron chi connectivity index (χ1n) is 4.39. The van der Waals surface area contributed by atoms with Gasteiger partial charge in [-0.15, -0.1) is 0 Å². The van der Waals surface area contributed by atoms with Gasteiger partial charge < -0.3 is 0 Å². The zero-order valence-electron chi connectivity index (χ0n) is 9.04. The Morgan fingerprint density at radius 1 is 0.933 bits per heavy atom. The van der Waals surface area contributed by atoms with Crippen LogP contribution in [0.15, 0.2) is 36.4 Å². The second-order valence-electron chi connectivity index (χ2n) is 3.78. The third-order valence-corrected chi connectivity index (χ3v) is 2.13. The van der Waals surface area contributed by atoms with Gasteiger partial charge in [-0.3, -0.25) is 0 Å². The van der Waals surface area contributed by atoms with Crippen LogP contribution in [0.4, 0.5) is 0 Å². The van der Waals surface area contributed by atoms with Gasteiger partial charge in [0.2, 0.25) is 0 Å². The van der Waals surface area contributed by atoms with Crippen molar-refractivity contribution in [2.45, 2.75) is 26.4 Å². The molecule has 0 atom stereocenters. The Morgan fingerprint density at radius 3 is 1.27 bits per heavy atom. The fourth-order valence-corrected chi connectivity index (χ4v) is 1.69. The van der Waals surface area contributed by atoms with Crippen LogP contribution in [0.5, 0.6) is 0 Å². The molecule has 1 aromatic carbocycles. The molecule has 15 heavy (non-hydrogen) atoms. The molecule has 86 valence electrons. The molecule has 0 aliphatic carbocycles. The van der Waals surface area contributed by atoms with Crippen LogP contribution < -0.4 is 0 Å². The fraction of sp³-hybridized carbons (Fsp3) is 0.400. The molecule has 0 spiro atoms. The van der Waals surface area contributed by atoms with E-state index in [-0.39, 0.29) is 0 Å². The molecular formula is C10H16CrO4. The molecule has 0 radical (unpaired) electrons. The van der Waals surface area contributed by atoms with E-state index < -0.39 is 19.2 Å². The van der Waals surface area contributed by atoms with Crippen molar-refractivity contribution in [1.29, 1.82) is 0 Å². The Kier molecular flexibility index (Phi) is 5.70. The quantitative estimate of drug-likeness (QED) is 0.831. The summed E-state index contributed by atoms with van der Waals surface area (Å²) in [6, 6.07) is 12.0. The molecule has 5 heteroatoms. The molecule has 4 nitrogen and oxygen atoms in total. The fourth-order valence-electron chi connectivity index (χ4n) is 0.701. The second kappa shape index (κ2) is 5.99. The van der Waals surface area contributed by atoms with Crippen LogP contribution in [0.25, 0.3) is 0 Å². The molecule has 0 fully saturated rings. The molecule has 0 saturated carbocycles. The van der Waals surface area contributed by atoms with Crippen molar-refractivity contribution in [1.82, 2.24) is 0 Å². The minimum Gasteiger partial charge on any atom is -0.0623 e. The van der Waals surface area contributed by atoms with Crippen LogP contribution in [0.3, 0.4) is 0 Å². The SMILES string of the molecule is CC(C)(C)[O][Cr](=[O])(=[O])[OH].c1ccccc1. The van der Waals surface area contributed by atoms with Crippen molar-refractivity contribution >= 4 is 0 Å². The van der Waals surface area contributed by atoms with Crippen LogP contribution in [0.1, 0.15) is 20.8 Å². The van der Waals surface area contributed by atoms with Gasteiger partial charge in [-0.25, -0.2) is 0 Å². The molecule has 0 amide bonds. The molecular weight excluding hydrogens is 236 g/mol. The zero-order valence-corrected chi connectivity index (χ0v) is 10.3. The number of benzene rings is 1. The molecule has 0 heterocycles. The third-order valence-electron chi connectivity index (χ3n) is 1.02. The molecule has 1 N–H and O–H groups in total. The summed E-state index contributed by atoms with van der Waals surface area (Å²) in [5.74, 6) is 0. The van der Waals surface area contributed by atoms with E-state index in [1.54, 1.807) is 20.8 Å². The molecule has 0 aliphatic rings. The van der Waals surface area contributed by atoms with Crippen LogP contribution in [-0.4, -0.2) is 9.76 Å². The molecule has 0 bridgehead atoms. The standard InChI is InChI=1S/C6H6.C4H9O.Cr.H2O.2O/c1-2-4-6-5-3-1;1-4(2,3)5;;;;/h1-6H;1-3H3;;1H2;;/q;-1;+2;;;/p-1. The number of rotatable bonds is 1. The van der Waals surface area contributed by atoms with Crippen molar-refractivity contribution < 1.29 is 29.2 Å². The average Bonchev–Trinajstić information content (AvgIpc) is 2.01. The van der Waals surface area contributed by atoms with E-state index in [1.807, 2.05) is 36.4 Å². The van der Waals surface area contributed by atoms with Crippen LogP contribution in [0, 0.1) is 0 Å². The van der Waals surface area contributed by atoms with Crippen LogP contribution in [0.2, 0.25) is 0 Å². The van der Waals surface area contributed by atoms with Crippen molar-refractivity contribution in [3.63, 3.8) is 0 Å². The first-order valence-corrected chi connectivity index (χ1v) is 6.52. The molecule has 0 aromatic heterocycles. The van der Waals surface area contributed by atoms with E-state index in [2.05, 4.69) is 3.79 Å².